The highest BCUT2D eigenvalue weighted by molar-refractivity contribution is 5.93. The van der Waals surface area contributed by atoms with E-state index in [2.05, 4.69) is 53.8 Å². The Morgan fingerprint density at radius 2 is 1.02 bits per heavy atom. The van der Waals surface area contributed by atoms with Crippen LogP contribution in [0.4, 0.5) is 14.4 Å². The minimum Gasteiger partial charge on any atom is -0.435 e. The van der Waals surface area contributed by atoms with Gasteiger partial charge in [0.2, 0.25) is 0 Å². The van der Waals surface area contributed by atoms with Gasteiger partial charge in [0.25, 0.3) is 0 Å². The summed E-state index contributed by atoms with van der Waals surface area (Å²) in [5.74, 6) is 1.83. The molecule has 8 aliphatic carbocycles. The number of ketones is 4. The quantitative estimate of drug-likeness (QED) is 0.0467. The Labute approximate surface area is 500 Å². The number of allylic oxidation sites excluding steroid dienone is 8. The van der Waals surface area contributed by atoms with Crippen molar-refractivity contribution in [3.63, 3.8) is 0 Å². The first-order chi connectivity index (χ1) is 40.8. The van der Waals surface area contributed by atoms with Crippen LogP contribution in [-0.4, -0.2) is 90.1 Å². The third-order valence-electron chi connectivity index (χ3n) is 21.8. The molecule has 0 spiro atoms. The molecule has 1 amide bonds. The summed E-state index contributed by atoms with van der Waals surface area (Å²) in [6.07, 6.45) is 27.0. The van der Waals surface area contributed by atoms with Gasteiger partial charge in [0.15, 0.2) is 34.3 Å². The number of carbonyl (C=O) groups is 7. The summed E-state index contributed by atoms with van der Waals surface area (Å²) in [5, 5.41) is 18.2. The van der Waals surface area contributed by atoms with Crippen LogP contribution in [0.2, 0.25) is 0 Å². The third kappa shape index (κ3) is 11.9. The van der Waals surface area contributed by atoms with Gasteiger partial charge in [0.1, 0.15) is 0 Å². The van der Waals surface area contributed by atoms with Crippen LogP contribution in [-0.2, 0) is 55.8 Å². The fourth-order valence-corrected chi connectivity index (χ4v) is 17.9. The summed E-state index contributed by atoms with van der Waals surface area (Å²) in [5.41, 5.74) is 2.67. The van der Waals surface area contributed by atoms with Crippen molar-refractivity contribution in [2.45, 2.75) is 175 Å². The normalized spacial score (nSPS) is 33.1. The minimum atomic E-state index is -1.23. The van der Waals surface area contributed by atoms with Gasteiger partial charge >= 0.3 is 18.4 Å². The Morgan fingerprint density at radius 3 is 1.42 bits per heavy atom. The lowest BCUT2D eigenvalue weighted by atomic mass is 9.46. The average molecular weight is 1170 g/mol. The number of carbonyl (C=O) groups excluding carboxylic acids is 7. The Hall–Kier alpha value is -6.97. The molecule has 12 atom stereocenters. The summed E-state index contributed by atoms with van der Waals surface area (Å²) < 4.78 is 22.7. The largest absolute Gasteiger partial charge is 0.509 e. The van der Waals surface area contributed by atoms with Crippen molar-refractivity contribution >= 4 is 54.0 Å². The molecule has 4 fully saturated rings. The number of rotatable bonds is 18. The molecular formula is C69H87N3O13. The van der Waals surface area contributed by atoms with Gasteiger partial charge in [-0.1, -0.05) is 97.0 Å². The van der Waals surface area contributed by atoms with Gasteiger partial charge in [0, 0.05) is 30.2 Å². The zero-order valence-corrected chi connectivity index (χ0v) is 50.8. The molecule has 0 aromatic heterocycles. The molecule has 8 aliphatic rings. The fraction of sp³-hybridized carbons (Fsp3) is 0.580. The van der Waals surface area contributed by atoms with Crippen LogP contribution in [0.1, 0.15) is 173 Å². The molecule has 16 nitrogen and oxygen atoms in total. The van der Waals surface area contributed by atoms with Gasteiger partial charge in [-0.05, 0) is 229 Å². The van der Waals surface area contributed by atoms with Crippen LogP contribution < -0.4 is 5.32 Å². The molecule has 85 heavy (non-hydrogen) atoms. The summed E-state index contributed by atoms with van der Waals surface area (Å²) in [4.78, 5) is 93.6. The van der Waals surface area contributed by atoms with Crippen LogP contribution >= 0.6 is 0 Å². The molecule has 2 N–H and O–H groups in total. The second-order valence-electron chi connectivity index (χ2n) is 25.6. The van der Waals surface area contributed by atoms with E-state index in [9.17, 15) is 33.6 Å². The maximum Gasteiger partial charge on any atom is 0.509 e. The lowest BCUT2D eigenvalue weighted by molar-refractivity contribution is -0.168. The van der Waals surface area contributed by atoms with E-state index in [1.165, 1.54) is 18.0 Å². The van der Waals surface area contributed by atoms with Crippen molar-refractivity contribution in [1.82, 2.24) is 5.32 Å². The first-order valence-electron chi connectivity index (χ1n) is 31.2. The Bertz CT molecular complexity index is 3050. The number of nitrogens with zero attached hydrogens (tertiary/aromatic N) is 2. The summed E-state index contributed by atoms with van der Waals surface area (Å²) in [6.45, 7) is 13.9. The first-order valence-corrected chi connectivity index (χ1v) is 31.2. The molecular weight excluding hydrogens is 1080 g/mol. The van der Waals surface area contributed by atoms with E-state index in [1.54, 1.807) is 34.6 Å². The Morgan fingerprint density at radius 1 is 0.600 bits per heavy atom. The fourth-order valence-electron chi connectivity index (χ4n) is 17.9. The SMILES string of the molecule is CCNC(=O)O/N=C/c1ccc(CCC[C@]23CC[C@@H]4[C@@H](C=CC5=CC(=O)CC[C@]54C)[C@@H]2CC[C@]3(OC(=O)OCC)C(C)=O)cc1.CCOC(=O)O[C@]1(C(C)=O)CC[C@H]2[C@@H]3C=CC4=CC(=O)CC[C@@]4(C)[C@@H]3CC[C@@]21CCCc1ccc(/C=N/O)cc1. The van der Waals surface area contributed by atoms with Crippen molar-refractivity contribution in [3.05, 3.63) is 118 Å². The van der Waals surface area contributed by atoms with E-state index in [-0.39, 0.29) is 70.8 Å². The highest BCUT2D eigenvalue weighted by Crippen LogP contribution is 2.71. The molecule has 0 unspecified atom stereocenters. The predicted octanol–water partition coefficient (Wildman–Crippen LogP) is 13.5. The van der Waals surface area contributed by atoms with Gasteiger partial charge in [-0.2, -0.15) is 0 Å². The third-order valence-corrected chi connectivity index (χ3v) is 21.8. The standard InChI is InChI=1S/C36H46N2O7.C33H41NO6/c1-5-37-32(41)45-38-23-26-11-9-25(10-12-26)8-7-18-35-20-16-30-29(14-13-27-22-28(40)15-19-34(27,30)4)31(35)17-21-36(35,24(3)39)44-33(42)43-6-2;1-4-39-30(37)40-33(22(2)35)19-15-29-27-12-11-25-20-26(36)13-17-31(25,3)28(27)14-18-32(29,33)16-5-6-23-7-9-24(10-8-23)21-34-38/h9-14,22-23,29-31H,5-8,15-21H2,1-4H3,(H,37,41);7-12,20-21,27-29,38H,4-6,13-19H2,1-3H3/b38-23+;34-21+/t29-,30-,31+,34-,35+,36+;27-,28-,29+,31-,32+,33+/m11/s1. The van der Waals surface area contributed by atoms with E-state index in [0.29, 0.717) is 44.1 Å². The Kier molecular flexibility index (Phi) is 19.1. The van der Waals surface area contributed by atoms with Gasteiger partial charge in [-0.3, -0.25) is 24.0 Å². The number of Topliss-reactive ketones (excluding diaryl/α,β-unsaturated/α-hetero) is 2. The van der Waals surface area contributed by atoms with Crippen molar-refractivity contribution in [3.8, 4) is 0 Å². The maximum absolute atomic E-state index is 13.6. The van der Waals surface area contributed by atoms with Crippen molar-refractivity contribution in [2.75, 3.05) is 19.8 Å². The van der Waals surface area contributed by atoms with Crippen LogP contribution in [0.15, 0.2) is 106 Å². The molecule has 0 bridgehead atoms. The maximum atomic E-state index is 13.6. The molecule has 2 aromatic carbocycles. The predicted molar refractivity (Wildman–Crippen MR) is 321 cm³/mol. The van der Waals surface area contributed by atoms with Crippen molar-refractivity contribution in [1.29, 1.82) is 0 Å². The highest BCUT2D eigenvalue weighted by atomic mass is 16.7. The van der Waals surface area contributed by atoms with Crippen molar-refractivity contribution in [2.24, 2.45) is 67.5 Å². The molecule has 2 aromatic rings. The summed E-state index contributed by atoms with van der Waals surface area (Å²) in [6, 6.07) is 15.8. The number of amides is 1. The highest BCUT2D eigenvalue weighted by Gasteiger charge is 2.71. The number of hydrogen-bond acceptors (Lipinski definition) is 15. The zero-order chi connectivity index (χ0) is 60.8. The van der Waals surface area contributed by atoms with Gasteiger partial charge < -0.3 is 29.5 Å². The number of fused-ring (bicyclic) bond motifs is 10. The van der Waals surface area contributed by atoms with Crippen LogP contribution in [0.25, 0.3) is 0 Å². The van der Waals surface area contributed by atoms with Crippen LogP contribution in [0.5, 0.6) is 0 Å². The molecule has 0 aliphatic heterocycles. The molecule has 0 radical (unpaired) electrons. The van der Waals surface area contributed by atoms with Gasteiger partial charge in [0.05, 0.1) is 25.6 Å². The topological polar surface area (TPSA) is 223 Å². The van der Waals surface area contributed by atoms with Gasteiger partial charge in [-0.25, -0.2) is 14.4 Å². The minimum absolute atomic E-state index is 0.0530. The van der Waals surface area contributed by atoms with E-state index in [1.807, 2.05) is 60.7 Å². The second-order valence-corrected chi connectivity index (χ2v) is 25.6. The van der Waals surface area contributed by atoms with Gasteiger partial charge in [-0.15, -0.1) is 0 Å². The number of ether oxygens (including phenoxy) is 4. The molecule has 10 rings (SSSR count). The monoisotopic (exact) mass is 1170 g/mol. The number of oxime groups is 2. The molecule has 0 heterocycles. The molecule has 4 saturated carbocycles. The number of nitrogens with one attached hydrogen (secondary N) is 1. The first kappa shape index (κ1) is 62.6. The smallest absolute Gasteiger partial charge is 0.435 e. The lowest BCUT2D eigenvalue weighted by Crippen LogP contribution is -2.59. The van der Waals surface area contributed by atoms with Crippen LogP contribution in [0.3, 0.4) is 0 Å². The number of hydrogen-bond donors (Lipinski definition) is 2. The lowest BCUT2D eigenvalue weighted by Gasteiger charge is -2.58. The Balaban J connectivity index is 0.000000205. The van der Waals surface area contributed by atoms with E-state index in [4.69, 9.17) is 29.0 Å². The van der Waals surface area contributed by atoms with E-state index < -0.39 is 40.4 Å². The number of benzene rings is 2. The molecule has 16 heteroatoms. The summed E-state index contributed by atoms with van der Waals surface area (Å²) >= 11 is 0. The molecule has 456 valence electrons. The van der Waals surface area contributed by atoms with E-state index in [0.717, 1.165) is 118 Å². The summed E-state index contributed by atoms with van der Waals surface area (Å²) in [7, 11) is 0. The molecule has 0 saturated heterocycles. The number of aryl methyl sites for hydroxylation is 2. The van der Waals surface area contributed by atoms with E-state index >= 15 is 0 Å². The zero-order valence-electron chi connectivity index (χ0n) is 50.8. The second kappa shape index (κ2) is 25.9. The van der Waals surface area contributed by atoms with Crippen molar-refractivity contribution < 1.29 is 62.6 Å². The van der Waals surface area contributed by atoms with Crippen LogP contribution in [0, 0.1) is 57.2 Å². The average Bonchev–Trinajstić information content (AvgIpc) is 1.77.